The first-order valence-electron chi connectivity index (χ1n) is 13.0. The number of aromatic nitrogens is 2. The molecule has 2 aliphatic heterocycles. The van der Waals surface area contributed by atoms with E-state index < -0.39 is 10.0 Å². The average molecular weight is 515 g/mol. The largest absolute Gasteiger partial charge is 0.508 e. The van der Waals surface area contributed by atoms with Crippen LogP contribution in [0.2, 0.25) is 0 Å². The summed E-state index contributed by atoms with van der Waals surface area (Å²) >= 11 is 0. The Hall–Kier alpha value is -2.24. The van der Waals surface area contributed by atoms with Crippen molar-refractivity contribution in [2.45, 2.75) is 57.0 Å². The Kier molecular flexibility index (Phi) is 7.50. The van der Waals surface area contributed by atoms with E-state index in [1.54, 1.807) is 0 Å². The number of hydrogen-bond donors (Lipinski definition) is 5. The summed E-state index contributed by atoms with van der Waals surface area (Å²) in [6.45, 7) is 4.97. The lowest BCUT2D eigenvalue weighted by molar-refractivity contribution is 0.276. The Morgan fingerprint density at radius 1 is 1.25 bits per heavy atom. The van der Waals surface area contributed by atoms with Crippen molar-refractivity contribution < 1.29 is 13.5 Å². The second-order valence-electron chi connectivity index (χ2n) is 10.4. The van der Waals surface area contributed by atoms with Crippen molar-refractivity contribution >= 4 is 15.6 Å². The minimum Gasteiger partial charge on any atom is -0.508 e. The number of benzene rings is 1. The van der Waals surface area contributed by atoms with Gasteiger partial charge in [-0.2, -0.15) is 0 Å². The molecular formula is C26H38N6O3S. The van der Waals surface area contributed by atoms with Crippen molar-refractivity contribution in [3.63, 3.8) is 0 Å². The molecule has 4 unspecified atom stereocenters. The van der Waals surface area contributed by atoms with E-state index in [0.29, 0.717) is 36.7 Å². The van der Waals surface area contributed by atoms with Crippen molar-refractivity contribution in [2.75, 3.05) is 32.4 Å². The molecule has 2 aromatic rings. The lowest BCUT2D eigenvalue weighted by Crippen LogP contribution is -2.37. The number of aryl methyl sites for hydroxylation is 1. The summed E-state index contributed by atoms with van der Waals surface area (Å²) in [6, 6.07) is 6.37. The molecule has 1 saturated carbocycles. The van der Waals surface area contributed by atoms with Gasteiger partial charge in [0.05, 0.1) is 24.2 Å². The summed E-state index contributed by atoms with van der Waals surface area (Å²) in [6.07, 6.45) is 10.6. The third-order valence-electron chi connectivity index (χ3n) is 7.96. The van der Waals surface area contributed by atoms with Crippen molar-refractivity contribution in [1.82, 2.24) is 30.4 Å². The summed E-state index contributed by atoms with van der Waals surface area (Å²) in [5.74, 6) is 2.29. The molecule has 1 saturated heterocycles. The molecule has 0 radical (unpaired) electrons. The number of nitrogens with zero attached hydrogens (tertiary/aromatic N) is 2. The maximum atomic E-state index is 11.3. The molecule has 3 aliphatic rings. The predicted octanol–water partition coefficient (Wildman–Crippen LogP) is 2.42. The quantitative estimate of drug-likeness (QED) is 0.367. The van der Waals surface area contributed by atoms with Gasteiger partial charge in [-0.25, -0.2) is 23.5 Å². The van der Waals surface area contributed by atoms with Crippen LogP contribution in [0.5, 0.6) is 5.75 Å². The number of fused-ring (bicyclic) bond motifs is 1. The van der Waals surface area contributed by atoms with Gasteiger partial charge in [0.2, 0.25) is 10.0 Å². The van der Waals surface area contributed by atoms with Gasteiger partial charge < -0.3 is 10.1 Å². The van der Waals surface area contributed by atoms with Crippen LogP contribution in [-0.4, -0.2) is 66.9 Å². The summed E-state index contributed by atoms with van der Waals surface area (Å²) < 4.78 is 25.3. The third kappa shape index (κ3) is 5.68. The molecule has 2 fully saturated rings. The molecule has 36 heavy (non-hydrogen) atoms. The Labute approximate surface area is 213 Å². The highest BCUT2D eigenvalue weighted by molar-refractivity contribution is 7.88. The van der Waals surface area contributed by atoms with E-state index in [2.05, 4.69) is 44.5 Å². The zero-order valence-electron chi connectivity index (χ0n) is 21.1. The van der Waals surface area contributed by atoms with Gasteiger partial charge in [0.25, 0.3) is 0 Å². The Balaban J connectivity index is 1.21. The number of hydrazine groups is 1. The monoisotopic (exact) mass is 514 g/mol. The van der Waals surface area contributed by atoms with Crippen LogP contribution in [0.3, 0.4) is 0 Å². The molecule has 5 N–H and O–H groups in total. The lowest BCUT2D eigenvalue weighted by Gasteiger charge is -2.33. The number of hydrogen-bond acceptors (Lipinski definition) is 7. The van der Waals surface area contributed by atoms with Gasteiger partial charge in [-0.1, -0.05) is 19.1 Å². The molecule has 9 nitrogen and oxygen atoms in total. The number of aromatic amines is 1. The maximum Gasteiger partial charge on any atom is 0.208 e. The van der Waals surface area contributed by atoms with E-state index in [1.807, 2.05) is 18.3 Å². The molecule has 0 bridgehead atoms. The second kappa shape index (κ2) is 10.6. The van der Waals surface area contributed by atoms with Crippen LogP contribution in [0.1, 0.15) is 67.2 Å². The molecule has 196 valence electrons. The number of imidazole rings is 1. The number of rotatable bonds is 8. The summed E-state index contributed by atoms with van der Waals surface area (Å²) in [5.41, 5.74) is 11.9. The van der Waals surface area contributed by atoms with Gasteiger partial charge >= 0.3 is 0 Å². The zero-order chi connectivity index (χ0) is 25.3. The van der Waals surface area contributed by atoms with E-state index in [4.69, 9.17) is 4.98 Å². The molecule has 1 aromatic heterocycles. The van der Waals surface area contributed by atoms with Gasteiger partial charge in [0.1, 0.15) is 11.6 Å². The third-order valence-corrected chi connectivity index (χ3v) is 8.69. The molecule has 0 spiro atoms. The van der Waals surface area contributed by atoms with Crippen LogP contribution >= 0.6 is 0 Å². The SMILES string of the molecule is CCc1cc(O)ccc1C1CCC2C(C1)NNC2c1ncc(C2=CCCN(CCNS(C)(=O)=O)C2)[nH]1. The van der Waals surface area contributed by atoms with Gasteiger partial charge in [0, 0.05) is 32.2 Å². The standard InChI is InChI=1S/C26H38N6O3S/c1-3-17-13-20(33)7-9-21(17)18-6-8-22-23(14-18)30-31-25(22)26-27-15-24(29-26)19-5-4-11-32(16-19)12-10-28-36(2,34)35/h5,7,9,13,15,18,22-23,25,28,30-31,33H,3-4,6,8,10-12,14,16H2,1-2H3,(H,27,29). The van der Waals surface area contributed by atoms with Crippen molar-refractivity contribution in [2.24, 2.45) is 5.92 Å². The maximum absolute atomic E-state index is 11.3. The van der Waals surface area contributed by atoms with E-state index in [1.165, 1.54) is 23.0 Å². The van der Waals surface area contributed by atoms with Crippen molar-refractivity contribution in [3.05, 3.63) is 53.1 Å². The van der Waals surface area contributed by atoms with Crippen LogP contribution < -0.4 is 15.6 Å². The Morgan fingerprint density at radius 3 is 2.92 bits per heavy atom. The van der Waals surface area contributed by atoms with Gasteiger partial charge in [-0.3, -0.25) is 10.3 Å². The van der Waals surface area contributed by atoms with E-state index in [0.717, 1.165) is 56.7 Å². The Bertz CT molecular complexity index is 1210. The molecule has 4 atom stereocenters. The molecule has 1 aromatic carbocycles. The van der Waals surface area contributed by atoms with Crippen LogP contribution in [0, 0.1) is 5.92 Å². The fourth-order valence-electron chi connectivity index (χ4n) is 6.15. The number of phenols is 1. The minimum absolute atomic E-state index is 0.148. The molecule has 1 aliphatic carbocycles. The van der Waals surface area contributed by atoms with E-state index in [-0.39, 0.29) is 6.04 Å². The number of nitrogens with one attached hydrogen (secondary N) is 4. The fourth-order valence-corrected chi connectivity index (χ4v) is 6.61. The molecule has 3 heterocycles. The van der Waals surface area contributed by atoms with Crippen molar-refractivity contribution in [3.8, 4) is 5.75 Å². The first-order chi connectivity index (χ1) is 17.3. The van der Waals surface area contributed by atoms with Crippen LogP contribution in [-0.2, 0) is 16.4 Å². The minimum atomic E-state index is -3.16. The number of H-pyrrole nitrogens is 1. The summed E-state index contributed by atoms with van der Waals surface area (Å²) in [7, 11) is -3.16. The highest BCUT2D eigenvalue weighted by Gasteiger charge is 2.42. The first kappa shape index (κ1) is 25.4. The van der Waals surface area contributed by atoms with Gasteiger partial charge in [-0.05, 0) is 72.8 Å². The summed E-state index contributed by atoms with van der Waals surface area (Å²) in [5, 5.41) is 9.89. The Morgan fingerprint density at radius 2 is 2.11 bits per heavy atom. The first-order valence-corrected chi connectivity index (χ1v) is 14.9. The normalized spacial score (nSPS) is 27.1. The van der Waals surface area contributed by atoms with E-state index >= 15 is 0 Å². The number of sulfonamides is 1. The highest BCUT2D eigenvalue weighted by Crippen LogP contribution is 2.44. The fraction of sp³-hybridized carbons (Fsp3) is 0.577. The average Bonchev–Trinajstić information content (AvgIpc) is 3.50. The van der Waals surface area contributed by atoms with Crippen LogP contribution in [0.15, 0.2) is 30.5 Å². The molecule has 0 amide bonds. The second-order valence-corrected chi connectivity index (χ2v) is 12.3. The van der Waals surface area contributed by atoms with Crippen LogP contribution in [0.4, 0.5) is 0 Å². The zero-order valence-corrected chi connectivity index (χ0v) is 21.9. The molecular weight excluding hydrogens is 476 g/mol. The summed E-state index contributed by atoms with van der Waals surface area (Å²) in [4.78, 5) is 10.6. The predicted molar refractivity (Wildman–Crippen MR) is 141 cm³/mol. The number of phenolic OH excluding ortho intramolecular Hbond substituents is 1. The molecule has 5 rings (SSSR count). The topological polar surface area (TPSA) is 122 Å². The molecule has 10 heteroatoms. The smallest absolute Gasteiger partial charge is 0.208 e. The highest BCUT2D eigenvalue weighted by atomic mass is 32.2. The number of aromatic hydroxyl groups is 1. The lowest BCUT2D eigenvalue weighted by atomic mass is 9.73. The van der Waals surface area contributed by atoms with E-state index in [9.17, 15) is 13.5 Å². The van der Waals surface area contributed by atoms with Crippen molar-refractivity contribution in [1.29, 1.82) is 0 Å². The van der Waals surface area contributed by atoms with Crippen LogP contribution in [0.25, 0.3) is 5.57 Å². The van der Waals surface area contributed by atoms with Gasteiger partial charge in [0.15, 0.2) is 0 Å². The van der Waals surface area contributed by atoms with Gasteiger partial charge in [-0.15, -0.1) is 0 Å².